The summed E-state index contributed by atoms with van der Waals surface area (Å²) in [5.74, 6) is 1.78. The van der Waals surface area contributed by atoms with Crippen molar-refractivity contribution in [3.05, 3.63) is 29.3 Å². The van der Waals surface area contributed by atoms with E-state index in [0.717, 1.165) is 23.8 Å². The van der Waals surface area contributed by atoms with Crippen molar-refractivity contribution in [3.8, 4) is 11.5 Å². The highest BCUT2D eigenvalue weighted by Crippen LogP contribution is 2.21. The summed E-state index contributed by atoms with van der Waals surface area (Å²) >= 11 is 1.43. The van der Waals surface area contributed by atoms with Gasteiger partial charge in [-0.2, -0.15) is 4.37 Å². The first kappa shape index (κ1) is 8.47. The van der Waals surface area contributed by atoms with Crippen molar-refractivity contribution in [1.29, 1.82) is 0 Å². The predicted molar refractivity (Wildman–Crippen MR) is 52.6 cm³/mol. The van der Waals surface area contributed by atoms with Crippen molar-refractivity contribution < 1.29 is 4.42 Å². The van der Waals surface area contributed by atoms with Crippen LogP contribution in [-0.2, 0) is 6.54 Å². The van der Waals surface area contributed by atoms with E-state index in [9.17, 15) is 0 Å². The lowest BCUT2D eigenvalue weighted by atomic mass is 10.3. The van der Waals surface area contributed by atoms with Crippen LogP contribution < -0.4 is 5.32 Å². The molecule has 0 aliphatic carbocycles. The number of nitrogens with zero attached hydrogens (tertiary/aromatic N) is 1. The molecule has 0 saturated heterocycles. The van der Waals surface area contributed by atoms with Crippen molar-refractivity contribution in [3.63, 3.8) is 0 Å². The number of aromatic nitrogens is 1. The van der Waals surface area contributed by atoms with E-state index < -0.39 is 0 Å². The van der Waals surface area contributed by atoms with Crippen molar-refractivity contribution in [2.45, 2.75) is 6.54 Å². The Bertz CT molecular complexity index is 367. The van der Waals surface area contributed by atoms with Crippen LogP contribution in [0.1, 0.15) is 5.76 Å². The number of hydrogen-bond acceptors (Lipinski definition) is 4. The van der Waals surface area contributed by atoms with Crippen molar-refractivity contribution in [2.75, 3.05) is 7.05 Å². The van der Waals surface area contributed by atoms with E-state index in [1.54, 1.807) is 0 Å². The van der Waals surface area contributed by atoms with Gasteiger partial charge in [0, 0.05) is 5.38 Å². The average molecular weight is 194 g/mol. The van der Waals surface area contributed by atoms with Crippen LogP contribution in [0.15, 0.2) is 28.0 Å². The van der Waals surface area contributed by atoms with E-state index in [1.165, 1.54) is 11.5 Å². The van der Waals surface area contributed by atoms with Crippen molar-refractivity contribution in [1.82, 2.24) is 9.69 Å². The SMILES string of the molecule is CNCc1ccc(-c2ccsn2)o1. The average Bonchev–Trinajstić information content (AvgIpc) is 2.70. The molecule has 1 N–H and O–H groups in total. The van der Waals surface area contributed by atoms with Gasteiger partial charge in [-0.05, 0) is 36.8 Å². The van der Waals surface area contributed by atoms with Crippen LogP contribution in [-0.4, -0.2) is 11.4 Å². The molecule has 0 saturated carbocycles. The molecular weight excluding hydrogens is 184 g/mol. The molecule has 4 heteroatoms. The standard InChI is InChI=1S/C9H10N2OS/c1-10-6-7-2-3-9(12-7)8-4-5-13-11-8/h2-5,10H,6H2,1H3. The molecule has 2 heterocycles. The zero-order valence-electron chi connectivity index (χ0n) is 7.28. The largest absolute Gasteiger partial charge is 0.458 e. The lowest BCUT2D eigenvalue weighted by molar-refractivity contribution is 0.506. The Hall–Kier alpha value is -1.13. The van der Waals surface area contributed by atoms with Gasteiger partial charge in [-0.25, -0.2) is 0 Å². The van der Waals surface area contributed by atoms with Crippen LogP contribution in [0.2, 0.25) is 0 Å². The summed E-state index contributed by atoms with van der Waals surface area (Å²) < 4.78 is 9.74. The third kappa shape index (κ3) is 1.79. The molecular formula is C9H10N2OS. The first-order chi connectivity index (χ1) is 6.40. The topological polar surface area (TPSA) is 38.1 Å². The summed E-state index contributed by atoms with van der Waals surface area (Å²) in [6.45, 7) is 0.754. The Morgan fingerprint density at radius 2 is 2.38 bits per heavy atom. The Labute approximate surface area is 80.6 Å². The van der Waals surface area contributed by atoms with Gasteiger partial charge in [0.1, 0.15) is 11.5 Å². The first-order valence-corrected chi connectivity index (χ1v) is 4.88. The molecule has 0 spiro atoms. The Morgan fingerprint density at radius 3 is 3.08 bits per heavy atom. The zero-order valence-corrected chi connectivity index (χ0v) is 8.10. The zero-order chi connectivity index (χ0) is 9.10. The molecule has 0 radical (unpaired) electrons. The third-order valence-corrected chi connectivity index (χ3v) is 2.26. The van der Waals surface area contributed by atoms with Gasteiger partial charge in [-0.3, -0.25) is 0 Å². The quantitative estimate of drug-likeness (QED) is 0.813. The fraction of sp³-hybridized carbons (Fsp3) is 0.222. The number of hydrogen-bond donors (Lipinski definition) is 1. The summed E-state index contributed by atoms with van der Waals surface area (Å²) in [4.78, 5) is 0. The smallest absolute Gasteiger partial charge is 0.153 e. The first-order valence-electron chi connectivity index (χ1n) is 4.04. The minimum atomic E-state index is 0.754. The fourth-order valence-electron chi connectivity index (χ4n) is 1.12. The second kappa shape index (κ2) is 3.72. The number of rotatable bonds is 3. The lowest BCUT2D eigenvalue weighted by Gasteiger charge is -1.92. The molecule has 2 aromatic rings. The Balaban J connectivity index is 2.23. The van der Waals surface area contributed by atoms with Gasteiger partial charge in [0.15, 0.2) is 5.76 Å². The van der Waals surface area contributed by atoms with Crippen molar-refractivity contribution >= 4 is 11.5 Å². The van der Waals surface area contributed by atoms with Gasteiger partial charge in [0.25, 0.3) is 0 Å². The molecule has 0 aliphatic heterocycles. The fourth-order valence-corrected chi connectivity index (χ4v) is 1.64. The van der Waals surface area contributed by atoms with E-state index >= 15 is 0 Å². The highest BCUT2D eigenvalue weighted by atomic mass is 32.1. The van der Waals surface area contributed by atoms with Gasteiger partial charge in [0.2, 0.25) is 0 Å². The molecule has 0 amide bonds. The van der Waals surface area contributed by atoms with Crippen LogP contribution in [0.3, 0.4) is 0 Å². The molecule has 0 fully saturated rings. The Morgan fingerprint density at radius 1 is 1.46 bits per heavy atom. The highest BCUT2D eigenvalue weighted by Gasteiger charge is 2.04. The van der Waals surface area contributed by atoms with Gasteiger partial charge in [-0.1, -0.05) is 0 Å². The van der Waals surface area contributed by atoms with Crippen LogP contribution in [0, 0.1) is 0 Å². The van der Waals surface area contributed by atoms with Gasteiger partial charge in [-0.15, -0.1) is 0 Å². The second-order valence-electron chi connectivity index (χ2n) is 2.68. The van der Waals surface area contributed by atoms with Gasteiger partial charge < -0.3 is 9.73 Å². The maximum atomic E-state index is 5.55. The van der Waals surface area contributed by atoms with Crippen LogP contribution in [0.25, 0.3) is 11.5 Å². The maximum Gasteiger partial charge on any atom is 0.153 e. The van der Waals surface area contributed by atoms with Gasteiger partial charge >= 0.3 is 0 Å². The van der Waals surface area contributed by atoms with E-state index in [4.69, 9.17) is 4.42 Å². The molecule has 0 aromatic carbocycles. The maximum absolute atomic E-state index is 5.55. The molecule has 0 bridgehead atoms. The summed E-state index contributed by atoms with van der Waals surface area (Å²) in [5, 5.41) is 4.97. The highest BCUT2D eigenvalue weighted by molar-refractivity contribution is 7.03. The second-order valence-corrected chi connectivity index (χ2v) is 3.35. The minimum Gasteiger partial charge on any atom is -0.458 e. The third-order valence-electron chi connectivity index (χ3n) is 1.70. The monoisotopic (exact) mass is 194 g/mol. The lowest BCUT2D eigenvalue weighted by Crippen LogP contribution is -2.03. The number of nitrogens with one attached hydrogen (secondary N) is 1. The summed E-state index contributed by atoms with van der Waals surface area (Å²) in [6, 6.07) is 5.86. The molecule has 0 aliphatic rings. The summed E-state index contributed by atoms with van der Waals surface area (Å²) in [5.41, 5.74) is 0.910. The van der Waals surface area contributed by atoms with Crippen LogP contribution in [0.4, 0.5) is 0 Å². The molecule has 68 valence electrons. The van der Waals surface area contributed by atoms with Crippen LogP contribution in [0.5, 0.6) is 0 Å². The normalized spacial score (nSPS) is 10.5. The van der Waals surface area contributed by atoms with E-state index in [-0.39, 0.29) is 0 Å². The molecule has 0 unspecified atom stereocenters. The number of furan rings is 1. The van der Waals surface area contributed by atoms with E-state index in [0.29, 0.717) is 0 Å². The van der Waals surface area contributed by atoms with Gasteiger partial charge in [0.05, 0.1) is 6.54 Å². The molecule has 3 nitrogen and oxygen atoms in total. The minimum absolute atomic E-state index is 0.754. The van der Waals surface area contributed by atoms with Crippen molar-refractivity contribution in [2.24, 2.45) is 0 Å². The molecule has 0 atom stereocenters. The summed E-state index contributed by atoms with van der Waals surface area (Å²) in [7, 11) is 1.89. The van der Waals surface area contributed by atoms with E-state index in [2.05, 4.69) is 9.69 Å². The summed E-state index contributed by atoms with van der Waals surface area (Å²) in [6.07, 6.45) is 0. The molecule has 2 rings (SSSR count). The van der Waals surface area contributed by atoms with Crippen LogP contribution >= 0.6 is 11.5 Å². The predicted octanol–water partition coefficient (Wildman–Crippen LogP) is 2.12. The Kier molecular flexibility index (Phi) is 2.42. The van der Waals surface area contributed by atoms with E-state index in [1.807, 2.05) is 30.6 Å². The molecule has 2 aromatic heterocycles. The molecule has 13 heavy (non-hydrogen) atoms.